The molecular formula is C8H10FN7O4. The first kappa shape index (κ1) is 14.1. The predicted octanol–water partition coefficient (Wildman–Crippen LogP) is -1.40. The molecule has 1 amide bonds. The fraction of sp³-hybridized carbons (Fsp3) is 0.625. The standard InChI is InChI=1S/C8H10FN7O4/c9-4-5(18)8(2-17,13-14-11)20-7(4)16-1-3(6(10)19)12-15-16/h1,4-5,7,17-18H,2H2,(H2,10,19)/t4-,5-,7+,8+/m0/s1. The smallest absolute Gasteiger partial charge is 0.270 e. The minimum Gasteiger partial charge on any atom is -0.393 e. The highest BCUT2D eigenvalue weighted by Gasteiger charge is 2.56. The summed E-state index contributed by atoms with van der Waals surface area (Å²) in [5.74, 6) is -0.881. The number of aliphatic hydroxyl groups is 2. The maximum Gasteiger partial charge on any atom is 0.270 e. The van der Waals surface area contributed by atoms with Gasteiger partial charge >= 0.3 is 0 Å². The van der Waals surface area contributed by atoms with Crippen LogP contribution in [0.5, 0.6) is 0 Å². The Morgan fingerprint density at radius 1 is 1.80 bits per heavy atom. The van der Waals surface area contributed by atoms with Crippen molar-refractivity contribution < 1.29 is 24.1 Å². The normalized spacial score (nSPS) is 32.9. The van der Waals surface area contributed by atoms with Crippen LogP contribution in [-0.4, -0.2) is 55.7 Å². The van der Waals surface area contributed by atoms with Crippen LogP contribution in [0.25, 0.3) is 10.4 Å². The maximum absolute atomic E-state index is 14.0. The Morgan fingerprint density at radius 2 is 2.50 bits per heavy atom. The number of amides is 1. The van der Waals surface area contributed by atoms with Crippen molar-refractivity contribution in [1.82, 2.24) is 15.0 Å². The number of ether oxygens (including phenoxy) is 1. The van der Waals surface area contributed by atoms with Gasteiger partial charge < -0.3 is 20.7 Å². The summed E-state index contributed by atoms with van der Waals surface area (Å²) in [5.41, 5.74) is 11.0. The summed E-state index contributed by atoms with van der Waals surface area (Å²) in [7, 11) is 0. The number of aromatic nitrogens is 3. The SMILES string of the molecule is [N-]=[N+]=N[C@]1(CO)O[C@@H](n2cc(C(N)=O)nn2)[C@@H](F)[C@@H]1O. The van der Waals surface area contributed by atoms with E-state index >= 15 is 0 Å². The summed E-state index contributed by atoms with van der Waals surface area (Å²) >= 11 is 0. The first-order valence-corrected chi connectivity index (χ1v) is 5.34. The third-order valence-electron chi connectivity index (χ3n) is 2.83. The summed E-state index contributed by atoms with van der Waals surface area (Å²) in [6.45, 7) is -0.938. The predicted molar refractivity (Wildman–Crippen MR) is 58.5 cm³/mol. The van der Waals surface area contributed by atoms with Gasteiger partial charge in [-0.05, 0) is 5.53 Å². The molecule has 4 N–H and O–H groups in total. The van der Waals surface area contributed by atoms with Crippen molar-refractivity contribution >= 4 is 5.91 Å². The Morgan fingerprint density at radius 3 is 3.00 bits per heavy atom. The van der Waals surface area contributed by atoms with E-state index in [2.05, 4.69) is 20.3 Å². The number of azide groups is 1. The fourth-order valence-corrected chi connectivity index (χ4v) is 1.78. The number of nitrogens with zero attached hydrogens (tertiary/aromatic N) is 6. The number of hydrogen-bond acceptors (Lipinski definition) is 7. The van der Waals surface area contributed by atoms with Crippen LogP contribution in [0, 0.1) is 0 Å². The Bertz CT molecular complexity index is 573. The quantitative estimate of drug-likeness (QED) is 0.349. The number of primary amides is 1. The Kier molecular flexibility index (Phi) is 3.55. The average Bonchev–Trinajstić information content (AvgIpc) is 2.99. The molecule has 20 heavy (non-hydrogen) atoms. The second kappa shape index (κ2) is 5.02. The molecule has 0 aliphatic carbocycles. The summed E-state index contributed by atoms with van der Waals surface area (Å²) in [4.78, 5) is 13.3. The molecule has 0 spiro atoms. The van der Waals surface area contributed by atoms with Crippen LogP contribution < -0.4 is 5.73 Å². The minimum atomic E-state index is -2.17. The topological polar surface area (TPSA) is 172 Å². The van der Waals surface area contributed by atoms with Crippen LogP contribution in [0.1, 0.15) is 16.7 Å². The number of halogens is 1. The minimum absolute atomic E-state index is 0.236. The lowest BCUT2D eigenvalue weighted by molar-refractivity contribution is -0.126. The first-order valence-electron chi connectivity index (χ1n) is 5.34. The summed E-state index contributed by atoms with van der Waals surface area (Å²) in [6.07, 6.45) is -4.48. The van der Waals surface area contributed by atoms with E-state index in [4.69, 9.17) is 21.1 Å². The lowest BCUT2D eigenvalue weighted by Crippen LogP contribution is -2.43. The molecule has 0 unspecified atom stereocenters. The lowest BCUT2D eigenvalue weighted by atomic mass is 10.1. The van der Waals surface area contributed by atoms with Crippen molar-refractivity contribution in [1.29, 1.82) is 0 Å². The van der Waals surface area contributed by atoms with Crippen LogP contribution >= 0.6 is 0 Å². The molecule has 4 atom stereocenters. The monoisotopic (exact) mass is 287 g/mol. The average molecular weight is 287 g/mol. The van der Waals surface area contributed by atoms with Crippen LogP contribution in [-0.2, 0) is 4.74 Å². The third-order valence-corrected chi connectivity index (χ3v) is 2.83. The Balaban J connectivity index is 2.34. The molecule has 2 rings (SSSR count). The van der Waals surface area contributed by atoms with Gasteiger partial charge in [0.15, 0.2) is 18.1 Å². The Hall–Kier alpha value is -2.27. The van der Waals surface area contributed by atoms with E-state index in [-0.39, 0.29) is 5.69 Å². The number of aliphatic hydroxyl groups excluding tert-OH is 2. The molecular weight excluding hydrogens is 277 g/mol. The molecule has 0 radical (unpaired) electrons. The van der Waals surface area contributed by atoms with Crippen LogP contribution in [0.15, 0.2) is 11.3 Å². The van der Waals surface area contributed by atoms with Crippen molar-refractivity contribution in [2.24, 2.45) is 10.8 Å². The van der Waals surface area contributed by atoms with Gasteiger partial charge in [0.1, 0.15) is 6.10 Å². The van der Waals surface area contributed by atoms with Gasteiger partial charge in [0.25, 0.3) is 5.91 Å². The van der Waals surface area contributed by atoms with E-state index in [1.807, 2.05) is 0 Å². The van der Waals surface area contributed by atoms with Crippen molar-refractivity contribution in [3.63, 3.8) is 0 Å². The molecule has 11 nitrogen and oxygen atoms in total. The van der Waals surface area contributed by atoms with Crippen LogP contribution in [0.3, 0.4) is 0 Å². The number of carbonyl (C=O) groups excluding carboxylic acids is 1. The maximum atomic E-state index is 14.0. The summed E-state index contributed by atoms with van der Waals surface area (Å²) in [6, 6.07) is 0. The highest BCUT2D eigenvalue weighted by Crippen LogP contribution is 2.39. The van der Waals surface area contributed by atoms with E-state index in [0.29, 0.717) is 0 Å². The largest absolute Gasteiger partial charge is 0.393 e. The van der Waals surface area contributed by atoms with E-state index in [1.165, 1.54) is 0 Å². The zero-order valence-corrected chi connectivity index (χ0v) is 9.87. The van der Waals surface area contributed by atoms with Gasteiger partial charge in [0.2, 0.25) is 5.72 Å². The number of nitrogens with two attached hydrogens (primary N) is 1. The fourth-order valence-electron chi connectivity index (χ4n) is 1.78. The van der Waals surface area contributed by atoms with Crippen molar-refractivity contribution in [3.05, 3.63) is 22.3 Å². The molecule has 1 aromatic rings. The number of alkyl halides is 1. The van der Waals surface area contributed by atoms with E-state index in [1.54, 1.807) is 0 Å². The van der Waals surface area contributed by atoms with Crippen LogP contribution in [0.2, 0.25) is 0 Å². The van der Waals surface area contributed by atoms with Gasteiger partial charge in [-0.2, -0.15) is 0 Å². The zero-order valence-electron chi connectivity index (χ0n) is 9.87. The van der Waals surface area contributed by atoms with E-state index in [9.17, 15) is 14.3 Å². The lowest BCUT2D eigenvalue weighted by Gasteiger charge is -2.23. The second-order valence-corrected chi connectivity index (χ2v) is 4.04. The molecule has 1 aromatic heterocycles. The van der Waals surface area contributed by atoms with Crippen LogP contribution in [0.4, 0.5) is 4.39 Å². The zero-order chi connectivity index (χ0) is 14.9. The van der Waals surface area contributed by atoms with Gasteiger partial charge in [-0.1, -0.05) is 10.3 Å². The molecule has 0 aromatic carbocycles. The molecule has 108 valence electrons. The van der Waals surface area contributed by atoms with Gasteiger partial charge in [-0.15, -0.1) is 5.10 Å². The van der Waals surface area contributed by atoms with Crippen molar-refractivity contribution in [2.75, 3.05) is 6.61 Å². The van der Waals surface area contributed by atoms with Crippen molar-refractivity contribution in [3.8, 4) is 0 Å². The molecule has 1 aliphatic heterocycles. The van der Waals surface area contributed by atoms with Gasteiger partial charge in [0.05, 0.1) is 12.8 Å². The van der Waals surface area contributed by atoms with Gasteiger partial charge in [-0.25, -0.2) is 9.07 Å². The molecule has 1 saturated heterocycles. The number of carbonyl (C=O) groups is 1. The number of rotatable bonds is 4. The Labute approximate surface area is 110 Å². The van der Waals surface area contributed by atoms with E-state index < -0.39 is 36.7 Å². The summed E-state index contributed by atoms with van der Waals surface area (Å²) < 4.78 is 19.9. The third kappa shape index (κ3) is 2.06. The highest BCUT2D eigenvalue weighted by atomic mass is 19.1. The molecule has 12 heteroatoms. The summed E-state index contributed by atoms with van der Waals surface area (Å²) in [5, 5.41) is 28.8. The molecule has 1 aliphatic rings. The molecule has 0 bridgehead atoms. The van der Waals surface area contributed by atoms with Gasteiger partial charge in [-0.3, -0.25) is 4.79 Å². The van der Waals surface area contributed by atoms with E-state index in [0.717, 1.165) is 10.9 Å². The first-order chi connectivity index (χ1) is 9.45. The molecule has 0 saturated carbocycles. The second-order valence-electron chi connectivity index (χ2n) is 4.04. The van der Waals surface area contributed by atoms with Gasteiger partial charge in [0, 0.05) is 4.91 Å². The molecule has 2 heterocycles. The molecule has 1 fully saturated rings. The van der Waals surface area contributed by atoms with Crippen molar-refractivity contribution in [2.45, 2.75) is 24.2 Å². The number of hydrogen-bond donors (Lipinski definition) is 3. The highest BCUT2D eigenvalue weighted by molar-refractivity contribution is 5.90.